The molecule has 3 N–H and O–H groups in total. The number of ether oxygens (including phenoxy) is 1. The first-order valence-corrected chi connectivity index (χ1v) is 14.0. The first-order chi connectivity index (χ1) is 16.8. The molecule has 2 fully saturated rings. The van der Waals surface area contributed by atoms with Gasteiger partial charge in [0.15, 0.2) is 11.6 Å². The van der Waals surface area contributed by atoms with Crippen LogP contribution < -0.4 is 20.7 Å². The third-order valence-corrected chi connectivity index (χ3v) is 8.38. The van der Waals surface area contributed by atoms with Crippen molar-refractivity contribution in [1.29, 1.82) is 0 Å². The van der Waals surface area contributed by atoms with Gasteiger partial charge in [-0.25, -0.2) is 12.8 Å². The van der Waals surface area contributed by atoms with Gasteiger partial charge in [-0.05, 0) is 56.8 Å². The van der Waals surface area contributed by atoms with Crippen LogP contribution in [0, 0.1) is 11.7 Å². The number of hydrogen-bond acceptors (Lipinski definition) is 10. The third kappa shape index (κ3) is 6.91. The number of aromatic nitrogens is 3. The number of hydrogen-bond donors (Lipinski definition) is 3. The van der Waals surface area contributed by atoms with Crippen LogP contribution in [0.4, 0.5) is 27.9 Å². The molecule has 1 aromatic carbocycles. The minimum Gasteiger partial charge on any atom is -0.494 e. The highest BCUT2D eigenvalue weighted by Gasteiger charge is 2.24. The van der Waals surface area contributed by atoms with Gasteiger partial charge < -0.3 is 20.7 Å². The van der Waals surface area contributed by atoms with E-state index >= 15 is 0 Å². The number of nitrogens with zero attached hydrogens (tertiary/aromatic N) is 4. The highest BCUT2D eigenvalue weighted by atomic mass is 32.2. The lowest BCUT2D eigenvalue weighted by molar-refractivity contribution is 0.277. The van der Waals surface area contributed by atoms with E-state index in [2.05, 4.69) is 42.7 Å². The average Bonchev–Trinajstić information content (AvgIpc) is 3.30. The summed E-state index contributed by atoms with van der Waals surface area (Å²) in [6.07, 6.45) is 3.54. The lowest BCUT2D eigenvalue weighted by Gasteiger charge is -2.23. The number of nitrogens with one attached hydrogen (secondary N) is 3. The van der Waals surface area contributed by atoms with Gasteiger partial charge in [-0.2, -0.15) is 15.0 Å². The Morgan fingerprint density at radius 3 is 2.40 bits per heavy atom. The van der Waals surface area contributed by atoms with Crippen molar-refractivity contribution in [2.75, 3.05) is 60.7 Å². The van der Waals surface area contributed by atoms with Gasteiger partial charge in [0, 0.05) is 30.9 Å². The molecule has 35 heavy (non-hydrogen) atoms. The predicted molar refractivity (Wildman–Crippen MR) is 135 cm³/mol. The van der Waals surface area contributed by atoms with Crippen molar-refractivity contribution in [2.24, 2.45) is 5.92 Å². The number of benzene rings is 1. The number of halogens is 1. The van der Waals surface area contributed by atoms with Gasteiger partial charge >= 0.3 is 0 Å². The number of sulfone groups is 1. The summed E-state index contributed by atoms with van der Waals surface area (Å²) in [5, 5.41) is 9.63. The van der Waals surface area contributed by atoms with Crippen LogP contribution in [0.15, 0.2) is 18.2 Å². The van der Waals surface area contributed by atoms with E-state index in [0.717, 1.165) is 19.5 Å². The molecule has 0 aliphatic carbocycles. The third-order valence-electron chi connectivity index (χ3n) is 6.67. The van der Waals surface area contributed by atoms with Gasteiger partial charge in [0.05, 0.1) is 18.6 Å². The maximum Gasteiger partial charge on any atom is 0.233 e. The molecule has 3 heterocycles. The Balaban J connectivity index is 1.47. The van der Waals surface area contributed by atoms with Crippen molar-refractivity contribution in [3.63, 3.8) is 0 Å². The molecule has 0 bridgehead atoms. The molecule has 0 amide bonds. The van der Waals surface area contributed by atoms with Crippen molar-refractivity contribution in [1.82, 2.24) is 19.9 Å². The number of likely N-dealkylation sites (tertiary alicyclic amines) is 1. The molecule has 192 valence electrons. The standard InChI is InChI=1S/C23H34FN7O3S/c1-3-31-10-4-5-18(31)15-26-22-28-21(25-14-16-8-11-35(32,33)12-9-16)29-23(30-22)27-17-6-7-20(34-2)19(24)13-17/h6-7,13,16,18H,3-5,8-12,14-15H2,1-2H3,(H3,25,26,27,28,29,30). The molecular formula is C23H34FN7O3S. The minimum absolute atomic E-state index is 0.155. The zero-order valence-electron chi connectivity index (χ0n) is 20.3. The number of likely N-dealkylation sites (N-methyl/N-ethyl adjacent to an activating group) is 1. The predicted octanol–water partition coefficient (Wildman–Crippen LogP) is 2.90. The molecule has 2 saturated heterocycles. The Morgan fingerprint density at radius 2 is 1.74 bits per heavy atom. The van der Waals surface area contributed by atoms with Crippen LogP contribution >= 0.6 is 0 Å². The second kappa shape index (κ2) is 11.3. The molecule has 0 spiro atoms. The van der Waals surface area contributed by atoms with Crippen LogP contribution in [0.25, 0.3) is 0 Å². The molecule has 2 aromatic rings. The van der Waals surface area contributed by atoms with Gasteiger partial charge in [-0.3, -0.25) is 4.90 Å². The van der Waals surface area contributed by atoms with E-state index in [-0.39, 0.29) is 29.1 Å². The van der Waals surface area contributed by atoms with Crippen molar-refractivity contribution in [3.8, 4) is 5.75 Å². The highest BCUT2D eigenvalue weighted by Crippen LogP contribution is 2.24. The largest absolute Gasteiger partial charge is 0.494 e. The quantitative estimate of drug-likeness (QED) is 0.442. The fourth-order valence-electron chi connectivity index (χ4n) is 4.59. The van der Waals surface area contributed by atoms with E-state index < -0.39 is 15.7 Å². The Kier molecular flexibility index (Phi) is 8.22. The van der Waals surface area contributed by atoms with Crippen molar-refractivity contribution < 1.29 is 17.5 Å². The van der Waals surface area contributed by atoms with Crippen LogP contribution in [-0.4, -0.2) is 79.1 Å². The molecule has 10 nitrogen and oxygen atoms in total. The molecule has 4 rings (SSSR count). The molecule has 2 aliphatic rings. The van der Waals surface area contributed by atoms with Gasteiger partial charge in [-0.1, -0.05) is 6.92 Å². The first-order valence-electron chi connectivity index (χ1n) is 12.1. The fourth-order valence-corrected chi connectivity index (χ4v) is 6.18. The monoisotopic (exact) mass is 507 g/mol. The van der Waals surface area contributed by atoms with Crippen LogP contribution in [0.1, 0.15) is 32.6 Å². The van der Waals surface area contributed by atoms with Crippen LogP contribution in [0.2, 0.25) is 0 Å². The smallest absolute Gasteiger partial charge is 0.233 e. The summed E-state index contributed by atoms with van der Waals surface area (Å²) < 4.78 is 42.6. The molecular weight excluding hydrogens is 473 g/mol. The van der Waals surface area contributed by atoms with Crippen molar-refractivity contribution in [2.45, 2.75) is 38.6 Å². The van der Waals surface area contributed by atoms with Gasteiger partial charge in [0.2, 0.25) is 17.8 Å². The topological polar surface area (TPSA) is 121 Å². The lowest BCUT2D eigenvalue weighted by Crippen LogP contribution is -2.35. The molecule has 0 saturated carbocycles. The van der Waals surface area contributed by atoms with Crippen molar-refractivity contribution >= 4 is 33.4 Å². The SMILES string of the molecule is CCN1CCCC1CNc1nc(NCC2CCS(=O)(=O)CC2)nc(Nc2ccc(OC)c(F)c2)n1. The summed E-state index contributed by atoms with van der Waals surface area (Å²) in [5.41, 5.74) is 0.483. The van der Waals surface area contributed by atoms with Gasteiger partial charge in [0.25, 0.3) is 0 Å². The van der Waals surface area contributed by atoms with Crippen LogP contribution in [0.5, 0.6) is 5.75 Å². The summed E-state index contributed by atoms with van der Waals surface area (Å²) in [5.74, 6) is 1.41. The maximum absolute atomic E-state index is 14.2. The van der Waals surface area contributed by atoms with Crippen LogP contribution in [0.3, 0.4) is 0 Å². The molecule has 1 aromatic heterocycles. The maximum atomic E-state index is 14.2. The second-order valence-electron chi connectivity index (χ2n) is 9.06. The highest BCUT2D eigenvalue weighted by molar-refractivity contribution is 7.91. The Bertz CT molecular complexity index is 1100. The van der Waals surface area contributed by atoms with E-state index in [1.54, 1.807) is 6.07 Å². The number of methoxy groups -OCH3 is 1. The zero-order chi connectivity index (χ0) is 24.8. The van der Waals surface area contributed by atoms with Crippen molar-refractivity contribution in [3.05, 3.63) is 24.0 Å². The number of anilines is 4. The normalized spacial score (nSPS) is 20.5. The molecule has 1 unspecified atom stereocenters. The second-order valence-corrected chi connectivity index (χ2v) is 11.4. The summed E-state index contributed by atoms with van der Waals surface area (Å²) in [6, 6.07) is 4.97. The summed E-state index contributed by atoms with van der Waals surface area (Å²) in [4.78, 5) is 15.9. The molecule has 0 radical (unpaired) electrons. The molecule has 1 atom stereocenters. The zero-order valence-corrected chi connectivity index (χ0v) is 21.1. The summed E-state index contributed by atoms with van der Waals surface area (Å²) in [7, 11) is -1.49. The molecule has 12 heteroatoms. The first kappa shape index (κ1) is 25.4. The van der Waals surface area contributed by atoms with Gasteiger partial charge in [-0.15, -0.1) is 0 Å². The van der Waals surface area contributed by atoms with E-state index in [4.69, 9.17) is 4.74 Å². The minimum atomic E-state index is -2.91. The molecule has 2 aliphatic heterocycles. The Hall–Kier alpha value is -2.73. The van der Waals surface area contributed by atoms with E-state index in [1.807, 2.05) is 0 Å². The van der Waals surface area contributed by atoms with Crippen LogP contribution in [-0.2, 0) is 9.84 Å². The van der Waals surface area contributed by atoms with E-state index in [9.17, 15) is 12.8 Å². The lowest BCUT2D eigenvalue weighted by atomic mass is 10.0. The Labute approximate surface area is 206 Å². The van der Waals surface area contributed by atoms with E-state index in [0.29, 0.717) is 49.6 Å². The Morgan fingerprint density at radius 1 is 1.06 bits per heavy atom. The van der Waals surface area contributed by atoms with E-state index in [1.165, 1.54) is 25.7 Å². The average molecular weight is 508 g/mol. The fraction of sp³-hybridized carbons (Fsp3) is 0.609. The summed E-state index contributed by atoms with van der Waals surface area (Å²) in [6.45, 7) is 5.55. The summed E-state index contributed by atoms with van der Waals surface area (Å²) >= 11 is 0. The number of rotatable bonds is 10. The van der Waals surface area contributed by atoms with Gasteiger partial charge in [0.1, 0.15) is 9.84 Å².